The van der Waals surface area contributed by atoms with Crippen molar-refractivity contribution in [2.45, 2.75) is 57.2 Å². The number of hydrogen-bond acceptors (Lipinski definition) is 2. The highest BCUT2D eigenvalue weighted by atomic mass is 32.2. The van der Waals surface area contributed by atoms with Crippen LogP contribution >= 0.6 is 0 Å². The fourth-order valence-corrected chi connectivity index (χ4v) is 3.78. The summed E-state index contributed by atoms with van der Waals surface area (Å²) in [5, 5.41) is 0.449. The zero-order chi connectivity index (χ0) is 10.6. The highest BCUT2D eigenvalue weighted by Crippen LogP contribution is 2.23. The van der Waals surface area contributed by atoms with E-state index in [1.165, 1.54) is 12.8 Å². The molecule has 3 unspecified atom stereocenters. The molecular formula is C11H23NOS. The smallest absolute Gasteiger partial charge is 0.0392 e. The van der Waals surface area contributed by atoms with Gasteiger partial charge < -0.3 is 5.73 Å². The van der Waals surface area contributed by atoms with E-state index in [4.69, 9.17) is 5.73 Å². The minimum Gasteiger partial charge on any atom is -0.327 e. The standard InChI is InChI=1S/C11H23NOS/c1-3-9(2)11(12)8-14(13)10-6-4-5-7-10/h9-11H,3-8,12H2,1-2H3. The van der Waals surface area contributed by atoms with Crippen LogP contribution in [0.5, 0.6) is 0 Å². The van der Waals surface area contributed by atoms with Gasteiger partial charge in [-0.15, -0.1) is 0 Å². The van der Waals surface area contributed by atoms with Gasteiger partial charge >= 0.3 is 0 Å². The van der Waals surface area contributed by atoms with Gasteiger partial charge in [0.1, 0.15) is 0 Å². The molecule has 1 aliphatic rings. The topological polar surface area (TPSA) is 43.1 Å². The van der Waals surface area contributed by atoms with Crippen LogP contribution < -0.4 is 5.73 Å². The third-order valence-electron chi connectivity index (χ3n) is 3.41. The van der Waals surface area contributed by atoms with E-state index < -0.39 is 10.8 Å². The van der Waals surface area contributed by atoms with Crippen LogP contribution in [-0.4, -0.2) is 21.3 Å². The zero-order valence-electron chi connectivity index (χ0n) is 9.37. The molecule has 3 heteroatoms. The molecule has 2 nitrogen and oxygen atoms in total. The Morgan fingerprint density at radius 3 is 2.50 bits per heavy atom. The number of nitrogens with two attached hydrogens (primary N) is 1. The molecule has 84 valence electrons. The highest BCUT2D eigenvalue weighted by Gasteiger charge is 2.24. The van der Waals surface area contributed by atoms with Crippen molar-refractivity contribution in [2.75, 3.05) is 5.75 Å². The van der Waals surface area contributed by atoms with Gasteiger partial charge in [0.25, 0.3) is 0 Å². The van der Waals surface area contributed by atoms with Crippen LogP contribution in [0.4, 0.5) is 0 Å². The Bertz CT molecular complexity index is 190. The maximum absolute atomic E-state index is 11.9. The molecule has 14 heavy (non-hydrogen) atoms. The Hall–Kier alpha value is 0.110. The molecule has 0 aliphatic heterocycles. The monoisotopic (exact) mass is 217 g/mol. The van der Waals surface area contributed by atoms with Gasteiger partial charge in [-0.3, -0.25) is 4.21 Å². The summed E-state index contributed by atoms with van der Waals surface area (Å²) in [6, 6.07) is 0.126. The lowest BCUT2D eigenvalue weighted by Gasteiger charge is -2.19. The zero-order valence-corrected chi connectivity index (χ0v) is 10.2. The molecule has 1 saturated carbocycles. The fraction of sp³-hybridized carbons (Fsp3) is 1.00. The Morgan fingerprint density at radius 2 is 2.00 bits per heavy atom. The van der Waals surface area contributed by atoms with E-state index in [1.807, 2.05) is 0 Å². The predicted octanol–water partition coefficient (Wildman–Crippen LogP) is 2.05. The normalized spacial score (nSPS) is 24.8. The first-order chi connectivity index (χ1) is 6.65. The van der Waals surface area contributed by atoms with Crippen molar-refractivity contribution in [1.29, 1.82) is 0 Å². The molecule has 0 aromatic carbocycles. The third kappa shape index (κ3) is 3.35. The summed E-state index contributed by atoms with van der Waals surface area (Å²) >= 11 is 0. The van der Waals surface area contributed by atoms with Crippen molar-refractivity contribution in [3.8, 4) is 0 Å². The van der Waals surface area contributed by atoms with Crippen LogP contribution in [0.25, 0.3) is 0 Å². The van der Waals surface area contributed by atoms with Gasteiger partial charge in [0.2, 0.25) is 0 Å². The summed E-state index contributed by atoms with van der Waals surface area (Å²) in [4.78, 5) is 0. The van der Waals surface area contributed by atoms with E-state index in [-0.39, 0.29) is 6.04 Å². The molecule has 1 rings (SSSR count). The Kier molecular flexibility index (Phi) is 5.10. The van der Waals surface area contributed by atoms with Gasteiger partial charge in [0.15, 0.2) is 0 Å². The van der Waals surface area contributed by atoms with E-state index in [0.29, 0.717) is 16.9 Å². The van der Waals surface area contributed by atoms with Crippen molar-refractivity contribution in [3.63, 3.8) is 0 Å². The molecule has 1 aliphatic carbocycles. The predicted molar refractivity (Wildman–Crippen MR) is 62.7 cm³/mol. The minimum absolute atomic E-state index is 0.126. The summed E-state index contributed by atoms with van der Waals surface area (Å²) in [6.07, 6.45) is 5.91. The second-order valence-electron chi connectivity index (χ2n) is 4.50. The minimum atomic E-state index is -0.673. The molecule has 0 saturated heterocycles. The molecule has 0 amide bonds. The first-order valence-electron chi connectivity index (χ1n) is 5.78. The fourth-order valence-electron chi connectivity index (χ4n) is 1.94. The van der Waals surface area contributed by atoms with E-state index in [2.05, 4.69) is 13.8 Å². The van der Waals surface area contributed by atoms with E-state index in [9.17, 15) is 4.21 Å². The second kappa shape index (κ2) is 5.86. The first-order valence-corrected chi connectivity index (χ1v) is 7.16. The first kappa shape index (κ1) is 12.2. The molecule has 0 aromatic rings. The molecule has 0 radical (unpaired) electrons. The van der Waals surface area contributed by atoms with Gasteiger partial charge in [-0.1, -0.05) is 33.1 Å². The number of hydrogen-bond donors (Lipinski definition) is 1. The van der Waals surface area contributed by atoms with Crippen LogP contribution in [0.1, 0.15) is 46.0 Å². The highest BCUT2D eigenvalue weighted by molar-refractivity contribution is 7.85. The average Bonchev–Trinajstić information content (AvgIpc) is 2.69. The van der Waals surface area contributed by atoms with Crippen LogP contribution in [0, 0.1) is 5.92 Å². The van der Waals surface area contributed by atoms with Crippen molar-refractivity contribution >= 4 is 10.8 Å². The molecule has 0 spiro atoms. The SMILES string of the molecule is CCC(C)C(N)CS(=O)C1CCCC1. The van der Waals surface area contributed by atoms with Crippen molar-refractivity contribution in [3.05, 3.63) is 0 Å². The summed E-state index contributed by atoms with van der Waals surface area (Å²) < 4.78 is 11.9. The lowest BCUT2D eigenvalue weighted by Crippen LogP contribution is -2.35. The summed E-state index contributed by atoms with van der Waals surface area (Å²) in [6.45, 7) is 4.29. The van der Waals surface area contributed by atoms with Crippen molar-refractivity contribution in [1.82, 2.24) is 0 Å². The van der Waals surface area contributed by atoms with E-state index >= 15 is 0 Å². The summed E-state index contributed by atoms with van der Waals surface area (Å²) in [5.41, 5.74) is 6.00. The second-order valence-corrected chi connectivity index (χ2v) is 6.26. The lowest BCUT2D eigenvalue weighted by molar-refractivity contribution is 0.471. The van der Waals surface area contributed by atoms with Gasteiger partial charge in [-0.05, 0) is 18.8 Å². The third-order valence-corrected chi connectivity index (χ3v) is 5.33. The maximum Gasteiger partial charge on any atom is 0.0392 e. The van der Waals surface area contributed by atoms with Gasteiger partial charge in [0.05, 0.1) is 0 Å². The quantitative estimate of drug-likeness (QED) is 0.766. The van der Waals surface area contributed by atoms with Crippen LogP contribution in [0.2, 0.25) is 0 Å². The molecule has 0 heterocycles. The molecule has 2 N–H and O–H groups in total. The molecule has 1 fully saturated rings. The van der Waals surface area contributed by atoms with Gasteiger partial charge in [0, 0.05) is 27.8 Å². The van der Waals surface area contributed by atoms with Crippen molar-refractivity contribution < 1.29 is 4.21 Å². The summed E-state index contributed by atoms with van der Waals surface area (Å²) in [7, 11) is -0.673. The van der Waals surface area contributed by atoms with Gasteiger partial charge in [-0.25, -0.2) is 0 Å². The van der Waals surface area contributed by atoms with Crippen LogP contribution in [0.3, 0.4) is 0 Å². The number of rotatable bonds is 5. The largest absolute Gasteiger partial charge is 0.327 e. The van der Waals surface area contributed by atoms with Crippen LogP contribution in [-0.2, 0) is 10.8 Å². The molecule has 3 atom stereocenters. The Balaban J connectivity index is 2.31. The molecular weight excluding hydrogens is 194 g/mol. The summed E-state index contributed by atoms with van der Waals surface area (Å²) in [5.74, 6) is 1.21. The Morgan fingerprint density at radius 1 is 1.43 bits per heavy atom. The van der Waals surface area contributed by atoms with E-state index in [0.717, 1.165) is 19.3 Å². The van der Waals surface area contributed by atoms with E-state index in [1.54, 1.807) is 0 Å². The molecule has 0 bridgehead atoms. The van der Waals surface area contributed by atoms with Crippen LogP contribution in [0.15, 0.2) is 0 Å². The van der Waals surface area contributed by atoms with Gasteiger partial charge in [-0.2, -0.15) is 0 Å². The Labute approximate surface area is 90.1 Å². The van der Waals surface area contributed by atoms with Crippen molar-refractivity contribution in [2.24, 2.45) is 11.7 Å². The lowest BCUT2D eigenvalue weighted by atomic mass is 10.0. The maximum atomic E-state index is 11.9. The average molecular weight is 217 g/mol. The molecule has 0 aromatic heterocycles.